The number of pyridine rings is 1. The second kappa shape index (κ2) is 5.02. The average Bonchev–Trinajstić information content (AvgIpc) is 3.32. The summed E-state index contributed by atoms with van der Waals surface area (Å²) in [5, 5.41) is 0. The Morgan fingerprint density at radius 2 is 1.90 bits per heavy atom. The summed E-state index contributed by atoms with van der Waals surface area (Å²) >= 11 is 0. The Hall–Kier alpha value is -1.67. The number of benzene rings is 1. The smallest absolute Gasteiger partial charge is 0.0579 e. The molecule has 2 aromatic rings. The zero-order chi connectivity index (χ0) is 13.4. The van der Waals surface area contributed by atoms with Gasteiger partial charge in [-0.2, -0.15) is 0 Å². The van der Waals surface area contributed by atoms with Gasteiger partial charge in [-0.3, -0.25) is 9.88 Å². The van der Waals surface area contributed by atoms with E-state index < -0.39 is 0 Å². The zero-order valence-corrected chi connectivity index (χ0v) is 11.8. The molecule has 0 N–H and O–H groups in total. The van der Waals surface area contributed by atoms with Crippen LogP contribution in [0, 0.1) is 0 Å². The fraction of sp³-hybridized carbons (Fsp3) is 0.389. The van der Waals surface area contributed by atoms with Crippen molar-refractivity contribution in [2.45, 2.75) is 38.3 Å². The van der Waals surface area contributed by atoms with Crippen LogP contribution in [0.4, 0.5) is 0 Å². The Bertz CT molecular complexity index is 602. The van der Waals surface area contributed by atoms with Crippen LogP contribution in [-0.4, -0.2) is 16.4 Å². The molecule has 1 aromatic heterocycles. The van der Waals surface area contributed by atoms with Crippen LogP contribution >= 0.6 is 0 Å². The van der Waals surface area contributed by atoms with Crippen molar-refractivity contribution >= 4 is 0 Å². The predicted octanol–water partition coefficient (Wildman–Crippen LogP) is 3.52. The van der Waals surface area contributed by atoms with Gasteiger partial charge >= 0.3 is 0 Å². The quantitative estimate of drug-likeness (QED) is 0.843. The molecule has 4 rings (SSSR count). The lowest BCUT2D eigenvalue weighted by molar-refractivity contribution is 0.241. The highest BCUT2D eigenvalue weighted by Crippen LogP contribution is 2.39. The molecule has 0 spiro atoms. The molecule has 2 heteroatoms. The second-order valence-corrected chi connectivity index (χ2v) is 6.06. The maximum absolute atomic E-state index is 4.93. The maximum Gasteiger partial charge on any atom is 0.0579 e. The molecule has 1 saturated carbocycles. The van der Waals surface area contributed by atoms with Crippen molar-refractivity contribution in [2.24, 2.45) is 0 Å². The third-order valence-electron chi connectivity index (χ3n) is 4.41. The van der Waals surface area contributed by atoms with Crippen molar-refractivity contribution < 1.29 is 0 Å². The lowest BCUT2D eigenvalue weighted by Gasteiger charge is -2.28. The minimum absolute atomic E-state index is 0.754. The van der Waals surface area contributed by atoms with Crippen molar-refractivity contribution in [3.63, 3.8) is 0 Å². The molecule has 2 nitrogen and oxygen atoms in total. The SMILES string of the molecule is c1ccc(CN2CCc3ccc(C4CC4)nc3C2)cc1. The Morgan fingerprint density at radius 1 is 1.05 bits per heavy atom. The van der Waals surface area contributed by atoms with Crippen LogP contribution < -0.4 is 0 Å². The molecule has 0 unspecified atom stereocenters. The summed E-state index contributed by atoms with van der Waals surface area (Å²) in [6.45, 7) is 3.19. The summed E-state index contributed by atoms with van der Waals surface area (Å²) in [7, 11) is 0. The Kier molecular flexibility index (Phi) is 3.04. The molecule has 20 heavy (non-hydrogen) atoms. The van der Waals surface area contributed by atoms with Gasteiger partial charge in [0.1, 0.15) is 0 Å². The van der Waals surface area contributed by atoms with Gasteiger partial charge in [0.2, 0.25) is 0 Å². The van der Waals surface area contributed by atoms with E-state index in [0.717, 1.165) is 32.0 Å². The molecule has 0 bridgehead atoms. The molecule has 1 aliphatic carbocycles. The lowest BCUT2D eigenvalue weighted by Crippen LogP contribution is -2.30. The fourth-order valence-electron chi connectivity index (χ4n) is 3.06. The summed E-state index contributed by atoms with van der Waals surface area (Å²) in [5.41, 5.74) is 5.50. The first-order valence-electron chi connectivity index (χ1n) is 7.63. The van der Waals surface area contributed by atoms with E-state index in [1.807, 2.05) is 0 Å². The number of fused-ring (bicyclic) bond motifs is 1. The average molecular weight is 264 g/mol. The minimum atomic E-state index is 0.754. The van der Waals surface area contributed by atoms with Gasteiger partial charge < -0.3 is 0 Å². The number of hydrogen-bond donors (Lipinski definition) is 0. The highest BCUT2D eigenvalue weighted by atomic mass is 15.1. The normalized spacial score (nSPS) is 18.8. The number of hydrogen-bond acceptors (Lipinski definition) is 2. The van der Waals surface area contributed by atoms with Crippen molar-refractivity contribution in [3.05, 3.63) is 65.0 Å². The minimum Gasteiger partial charge on any atom is -0.293 e. The van der Waals surface area contributed by atoms with Gasteiger partial charge in [0.25, 0.3) is 0 Å². The van der Waals surface area contributed by atoms with E-state index in [1.165, 1.54) is 35.4 Å². The van der Waals surface area contributed by atoms with E-state index in [4.69, 9.17) is 4.98 Å². The van der Waals surface area contributed by atoms with Crippen LogP contribution in [0.5, 0.6) is 0 Å². The van der Waals surface area contributed by atoms with Crippen LogP contribution in [0.2, 0.25) is 0 Å². The topological polar surface area (TPSA) is 16.1 Å². The third-order valence-corrected chi connectivity index (χ3v) is 4.41. The third kappa shape index (κ3) is 2.48. The van der Waals surface area contributed by atoms with Crippen LogP contribution in [0.1, 0.15) is 41.3 Å². The van der Waals surface area contributed by atoms with E-state index in [0.29, 0.717) is 0 Å². The first kappa shape index (κ1) is 12.1. The van der Waals surface area contributed by atoms with Crippen molar-refractivity contribution in [2.75, 3.05) is 6.54 Å². The van der Waals surface area contributed by atoms with Crippen molar-refractivity contribution in [1.29, 1.82) is 0 Å². The summed E-state index contributed by atoms with van der Waals surface area (Å²) in [6, 6.07) is 15.3. The first-order chi connectivity index (χ1) is 9.88. The van der Waals surface area contributed by atoms with Gasteiger partial charge in [0.15, 0.2) is 0 Å². The molecule has 0 amide bonds. The van der Waals surface area contributed by atoms with Crippen molar-refractivity contribution in [3.8, 4) is 0 Å². The second-order valence-electron chi connectivity index (χ2n) is 6.06. The van der Waals surface area contributed by atoms with E-state index >= 15 is 0 Å². The van der Waals surface area contributed by atoms with Crippen LogP contribution in [0.25, 0.3) is 0 Å². The Balaban J connectivity index is 1.51. The Labute approximate surface area is 120 Å². The number of aromatic nitrogens is 1. The molecule has 0 saturated heterocycles. The molecule has 0 atom stereocenters. The van der Waals surface area contributed by atoms with E-state index in [2.05, 4.69) is 47.4 Å². The monoisotopic (exact) mass is 264 g/mol. The van der Waals surface area contributed by atoms with Gasteiger partial charge in [0.05, 0.1) is 5.69 Å². The molecule has 1 aliphatic heterocycles. The first-order valence-corrected chi connectivity index (χ1v) is 7.63. The van der Waals surface area contributed by atoms with Gasteiger partial charge in [-0.1, -0.05) is 36.4 Å². The van der Waals surface area contributed by atoms with Gasteiger partial charge in [-0.25, -0.2) is 0 Å². The summed E-state index contributed by atoms with van der Waals surface area (Å²) in [4.78, 5) is 7.44. The molecule has 1 aromatic carbocycles. The van der Waals surface area contributed by atoms with Gasteiger partial charge in [-0.15, -0.1) is 0 Å². The molecule has 0 radical (unpaired) electrons. The molecular formula is C18H20N2. The highest BCUT2D eigenvalue weighted by molar-refractivity contribution is 5.28. The van der Waals surface area contributed by atoms with E-state index in [9.17, 15) is 0 Å². The fourth-order valence-corrected chi connectivity index (χ4v) is 3.06. The molecule has 102 valence electrons. The molecule has 2 heterocycles. The maximum atomic E-state index is 4.93. The van der Waals surface area contributed by atoms with Gasteiger partial charge in [0, 0.05) is 31.2 Å². The van der Waals surface area contributed by atoms with Crippen LogP contribution in [0.15, 0.2) is 42.5 Å². The van der Waals surface area contributed by atoms with E-state index in [1.54, 1.807) is 0 Å². The molecule has 2 aliphatic rings. The zero-order valence-electron chi connectivity index (χ0n) is 11.8. The largest absolute Gasteiger partial charge is 0.293 e. The number of nitrogens with zero attached hydrogens (tertiary/aromatic N) is 2. The number of rotatable bonds is 3. The lowest BCUT2D eigenvalue weighted by atomic mass is 10.0. The van der Waals surface area contributed by atoms with Crippen LogP contribution in [0.3, 0.4) is 0 Å². The molecular weight excluding hydrogens is 244 g/mol. The van der Waals surface area contributed by atoms with Gasteiger partial charge in [-0.05, 0) is 36.5 Å². The molecule has 1 fully saturated rings. The van der Waals surface area contributed by atoms with Crippen LogP contribution in [-0.2, 0) is 19.5 Å². The predicted molar refractivity (Wildman–Crippen MR) is 80.5 cm³/mol. The summed E-state index contributed by atoms with van der Waals surface area (Å²) < 4.78 is 0. The highest BCUT2D eigenvalue weighted by Gasteiger charge is 2.26. The standard InChI is InChI=1S/C18H20N2/c1-2-4-14(5-3-1)12-20-11-10-16-8-9-17(15-6-7-15)19-18(16)13-20/h1-5,8-9,15H,6-7,10-13H2. The van der Waals surface area contributed by atoms with E-state index in [-0.39, 0.29) is 0 Å². The summed E-state index contributed by atoms with van der Waals surface area (Å²) in [6.07, 6.45) is 3.80. The Morgan fingerprint density at radius 3 is 2.70 bits per heavy atom. The van der Waals surface area contributed by atoms with Crippen molar-refractivity contribution in [1.82, 2.24) is 9.88 Å². The summed E-state index contributed by atoms with van der Waals surface area (Å²) in [5.74, 6) is 0.754.